The maximum absolute atomic E-state index is 4.31. The van der Waals surface area contributed by atoms with Crippen LogP contribution in [-0.2, 0) is 0 Å². The zero-order valence-corrected chi connectivity index (χ0v) is 10.7. The molecule has 2 heteroatoms. The molecule has 0 aliphatic carbocycles. The lowest BCUT2D eigenvalue weighted by atomic mass is 10.1. The van der Waals surface area contributed by atoms with Crippen LogP contribution >= 0.6 is 0 Å². The minimum absolute atomic E-state index is 0.165. The van der Waals surface area contributed by atoms with Gasteiger partial charge < -0.3 is 5.32 Å². The van der Waals surface area contributed by atoms with E-state index in [1.54, 1.807) is 0 Å². The van der Waals surface area contributed by atoms with Crippen molar-refractivity contribution in [2.45, 2.75) is 39.7 Å². The molecule has 1 N–H and O–H groups in total. The Bertz CT molecular complexity index is 334. The predicted octanol–water partition coefficient (Wildman–Crippen LogP) is 3.26. The van der Waals surface area contributed by atoms with Gasteiger partial charge in [-0.1, -0.05) is 18.6 Å². The molecule has 0 saturated carbocycles. The lowest BCUT2D eigenvalue weighted by Crippen LogP contribution is -2.36. The summed E-state index contributed by atoms with van der Waals surface area (Å²) < 4.78 is 0. The first-order valence-electron chi connectivity index (χ1n) is 5.87. The number of nitrogens with one attached hydrogen (secondary N) is 1. The molecule has 1 aromatic heterocycles. The summed E-state index contributed by atoms with van der Waals surface area (Å²) in [4.78, 5) is 4.31. The first-order chi connectivity index (χ1) is 7.51. The van der Waals surface area contributed by atoms with Crippen LogP contribution in [0.1, 0.15) is 39.8 Å². The predicted molar refractivity (Wildman–Crippen MR) is 70.3 cm³/mol. The van der Waals surface area contributed by atoms with Crippen LogP contribution in [0.5, 0.6) is 0 Å². The van der Waals surface area contributed by atoms with Crippen molar-refractivity contribution >= 4 is 6.08 Å². The SMILES string of the molecule is CCC(=Cc1ccccn1)CNC(C)(C)C. The van der Waals surface area contributed by atoms with Crippen molar-refractivity contribution < 1.29 is 0 Å². The Balaban J connectivity index is 2.64. The summed E-state index contributed by atoms with van der Waals surface area (Å²) in [7, 11) is 0. The number of pyridine rings is 1. The van der Waals surface area contributed by atoms with Crippen LogP contribution in [0.25, 0.3) is 6.08 Å². The highest BCUT2D eigenvalue weighted by Gasteiger charge is 2.08. The molecule has 1 rings (SSSR count). The van der Waals surface area contributed by atoms with Crippen LogP contribution in [0, 0.1) is 0 Å². The highest BCUT2D eigenvalue weighted by molar-refractivity contribution is 5.48. The van der Waals surface area contributed by atoms with Gasteiger partial charge in [-0.2, -0.15) is 0 Å². The Morgan fingerprint density at radius 3 is 2.62 bits per heavy atom. The van der Waals surface area contributed by atoms with Crippen LogP contribution in [0.15, 0.2) is 30.0 Å². The van der Waals surface area contributed by atoms with Gasteiger partial charge in [0.25, 0.3) is 0 Å². The van der Waals surface area contributed by atoms with Crippen LogP contribution in [-0.4, -0.2) is 17.1 Å². The molecular weight excluding hydrogens is 196 g/mol. The van der Waals surface area contributed by atoms with E-state index < -0.39 is 0 Å². The molecule has 0 radical (unpaired) electrons. The van der Waals surface area contributed by atoms with Gasteiger partial charge in [-0.3, -0.25) is 4.98 Å². The van der Waals surface area contributed by atoms with Gasteiger partial charge in [0, 0.05) is 18.3 Å². The summed E-state index contributed by atoms with van der Waals surface area (Å²) in [6.45, 7) is 9.65. The highest BCUT2D eigenvalue weighted by atomic mass is 14.9. The van der Waals surface area contributed by atoms with Crippen molar-refractivity contribution in [3.8, 4) is 0 Å². The van der Waals surface area contributed by atoms with Gasteiger partial charge in [0.2, 0.25) is 0 Å². The van der Waals surface area contributed by atoms with Crippen LogP contribution < -0.4 is 5.32 Å². The molecule has 88 valence electrons. The van der Waals surface area contributed by atoms with Crippen molar-refractivity contribution in [2.75, 3.05) is 6.54 Å². The van der Waals surface area contributed by atoms with Gasteiger partial charge in [0.05, 0.1) is 5.69 Å². The fourth-order valence-electron chi connectivity index (χ4n) is 1.33. The second kappa shape index (κ2) is 5.80. The molecule has 0 aliphatic rings. The molecule has 0 unspecified atom stereocenters. The summed E-state index contributed by atoms with van der Waals surface area (Å²) in [6, 6.07) is 5.99. The normalized spacial score (nSPS) is 12.9. The maximum atomic E-state index is 4.31. The third-order valence-electron chi connectivity index (χ3n) is 2.34. The molecule has 0 saturated heterocycles. The van der Waals surface area contributed by atoms with Crippen LogP contribution in [0.4, 0.5) is 0 Å². The summed E-state index contributed by atoms with van der Waals surface area (Å²) >= 11 is 0. The molecule has 2 nitrogen and oxygen atoms in total. The smallest absolute Gasteiger partial charge is 0.0629 e. The minimum atomic E-state index is 0.165. The number of hydrogen-bond donors (Lipinski definition) is 1. The largest absolute Gasteiger partial charge is 0.308 e. The molecule has 0 bridgehead atoms. The third-order valence-corrected chi connectivity index (χ3v) is 2.34. The average Bonchev–Trinajstić information content (AvgIpc) is 2.24. The van der Waals surface area contributed by atoms with E-state index in [1.807, 2.05) is 24.4 Å². The fourth-order valence-corrected chi connectivity index (χ4v) is 1.33. The van der Waals surface area contributed by atoms with E-state index in [2.05, 4.69) is 44.1 Å². The Labute approximate surface area is 98.8 Å². The zero-order valence-electron chi connectivity index (χ0n) is 10.7. The first kappa shape index (κ1) is 12.9. The number of rotatable bonds is 4. The monoisotopic (exact) mass is 218 g/mol. The van der Waals surface area contributed by atoms with Crippen LogP contribution in [0.3, 0.4) is 0 Å². The van der Waals surface area contributed by atoms with Gasteiger partial charge in [-0.25, -0.2) is 0 Å². The third kappa shape index (κ3) is 5.08. The molecule has 0 spiro atoms. The number of hydrogen-bond acceptors (Lipinski definition) is 2. The molecule has 0 fully saturated rings. The van der Waals surface area contributed by atoms with Gasteiger partial charge in [-0.05, 0) is 45.4 Å². The second-order valence-electron chi connectivity index (χ2n) is 5.01. The molecule has 16 heavy (non-hydrogen) atoms. The van der Waals surface area contributed by atoms with E-state index in [0.717, 1.165) is 18.7 Å². The van der Waals surface area contributed by atoms with Gasteiger partial charge in [0.15, 0.2) is 0 Å². The Kier molecular flexibility index (Phi) is 4.69. The van der Waals surface area contributed by atoms with E-state index >= 15 is 0 Å². The Morgan fingerprint density at radius 2 is 2.12 bits per heavy atom. The molecule has 1 aromatic rings. The van der Waals surface area contributed by atoms with E-state index in [1.165, 1.54) is 5.57 Å². The minimum Gasteiger partial charge on any atom is -0.308 e. The van der Waals surface area contributed by atoms with Crippen molar-refractivity contribution in [1.82, 2.24) is 10.3 Å². The number of nitrogens with zero attached hydrogens (tertiary/aromatic N) is 1. The molecule has 1 heterocycles. The van der Waals surface area contributed by atoms with Gasteiger partial charge >= 0.3 is 0 Å². The molecule has 0 atom stereocenters. The van der Waals surface area contributed by atoms with Crippen molar-refractivity contribution in [3.63, 3.8) is 0 Å². The first-order valence-corrected chi connectivity index (χ1v) is 5.87. The lowest BCUT2D eigenvalue weighted by Gasteiger charge is -2.21. The van der Waals surface area contributed by atoms with Crippen molar-refractivity contribution in [1.29, 1.82) is 0 Å². The quantitative estimate of drug-likeness (QED) is 0.839. The average molecular weight is 218 g/mol. The summed E-state index contributed by atoms with van der Waals surface area (Å²) in [5, 5.41) is 3.50. The van der Waals surface area contributed by atoms with E-state index in [-0.39, 0.29) is 5.54 Å². The van der Waals surface area contributed by atoms with E-state index in [4.69, 9.17) is 0 Å². The van der Waals surface area contributed by atoms with E-state index in [9.17, 15) is 0 Å². The van der Waals surface area contributed by atoms with E-state index in [0.29, 0.717) is 0 Å². The molecule has 0 aliphatic heterocycles. The maximum Gasteiger partial charge on any atom is 0.0629 e. The summed E-state index contributed by atoms with van der Waals surface area (Å²) in [5.74, 6) is 0. The van der Waals surface area contributed by atoms with Gasteiger partial charge in [0.1, 0.15) is 0 Å². The standard InChI is InChI=1S/C14H22N2/c1-5-12(11-16-14(2,3)4)10-13-8-6-7-9-15-13/h6-10,16H,5,11H2,1-4H3. The Morgan fingerprint density at radius 1 is 1.38 bits per heavy atom. The Hall–Kier alpha value is -1.15. The molecule has 0 aromatic carbocycles. The van der Waals surface area contributed by atoms with Crippen LogP contribution in [0.2, 0.25) is 0 Å². The summed E-state index contributed by atoms with van der Waals surface area (Å²) in [6.07, 6.45) is 5.05. The van der Waals surface area contributed by atoms with Crippen molar-refractivity contribution in [2.24, 2.45) is 0 Å². The van der Waals surface area contributed by atoms with Crippen molar-refractivity contribution in [3.05, 3.63) is 35.7 Å². The molecule has 0 amide bonds. The fraction of sp³-hybridized carbons (Fsp3) is 0.500. The molecular formula is C14H22N2. The second-order valence-corrected chi connectivity index (χ2v) is 5.01. The number of aromatic nitrogens is 1. The van der Waals surface area contributed by atoms with Gasteiger partial charge in [-0.15, -0.1) is 0 Å². The summed E-state index contributed by atoms with van der Waals surface area (Å²) in [5.41, 5.74) is 2.59. The lowest BCUT2D eigenvalue weighted by molar-refractivity contribution is 0.443. The highest BCUT2D eigenvalue weighted by Crippen LogP contribution is 2.08. The topological polar surface area (TPSA) is 24.9 Å². The zero-order chi connectivity index (χ0) is 12.0.